The van der Waals surface area contributed by atoms with Gasteiger partial charge >= 0.3 is 0 Å². The Balaban J connectivity index is 2.25. The Morgan fingerprint density at radius 1 is 1.17 bits per heavy atom. The number of benzene rings is 2. The number of carbonyl (C=O) groups excluding carboxylic acids is 1. The standard InChI is InChI=1S/C16H17NO5S/c1-2-22-15-9-8-13(10-14(15)16(18)19)23(20,21)17-11-12-6-4-3-5-7-12/h3-10,17H,2,11H2,1H3,(H,18,19)/p-1. The molecule has 23 heavy (non-hydrogen) atoms. The molecule has 0 fully saturated rings. The van der Waals surface area contributed by atoms with Gasteiger partial charge in [0.15, 0.2) is 0 Å². The minimum Gasteiger partial charge on any atom is -0.545 e. The highest BCUT2D eigenvalue weighted by atomic mass is 32.2. The van der Waals surface area contributed by atoms with Crippen molar-refractivity contribution in [2.75, 3.05) is 6.61 Å². The lowest BCUT2D eigenvalue weighted by Gasteiger charge is -2.13. The summed E-state index contributed by atoms with van der Waals surface area (Å²) >= 11 is 0. The number of rotatable bonds is 7. The minimum atomic E-state index is -3.84. The van der Waals surface area contributed by atoms with Crippen molar-refractivity contribution in [2.24, 2.45) is 0 Å². The predicted octanol–water partition coefficient (Wildman–Crippen LogP) is 0.927. The van der Waals surface area contributed by atoms with Crippen LogP contribution in [0.4, 0.5) is 0 Å². The highest BCUT2D eigenvalue weighted by Crippen LogP contribution is 2.22. The van der Waals surface area contributed by atoms with E-state index in [9.17, 15) is 18.3 Å². The number of carboxylic acids is 1. The van der Waals surface area contributed by atoms with E-state index in [1.165, 1.54) is 12.1 Å². The maximum absolute atomic E-state index is 12.3. The fraction of sp³-hybridized carbons (Fsp3) is 0.188. The van der Waals surface area contributed by atoms with Crippen molar-refractivity contribution in [1.29, 1.82) is 0 Å². The van der Waals surface area contributed by atoms with Crippen LogP contribution in [-0.2, 0) is 16.6 Å². The van der Waals surface area contributed by atoms with Gasteiger partial charge in [0.25, 0.3) is 0 Å². The second-order valence-corrected chi connectivity index (χ2v) is 6.46. The lowest BCUT2D eigenvalue weighted by Crippen LogP contribution is -2.26. The number of nitrogens with one attached hydrogen (secondary N) is 1. The number of carboxylic acid groups (broad SMARTS) is 1. The van der Waals surface area contributed by atoms with E-state index in [-0.39, 0.29) is 29.4 Å². The summed E-state index contributed by atoms with van der Waals surface area (Å²) in [4.78, 5) is 11.0. The summed E-state index contributed by atoms with van der Waals surface area (Å²) in [6, 6.07) is 12.6. The Kier molecular flexibility index (Phi) is 5.36. The maximum atomic E-state index is 12.3. The van der Waals surface area contributed by atoms with Crippen molar-refractivity contribution in [2.45, 2.75) is 18.4 Å². The summed E-state index contributed by atoms with van der Waals surface area (Å²) in [6.45, 7) is 2.07. The molecule has 0 saturated heterocycles. The first-order chi connectivity index (χ1) is 10.9. The molecule has 2 aromatic rings. The van der Waals surface area contributed by atoms with E-state index in [2.05, 4.69) is 4.72 Å². The van der Waals surface area contributed by atoms with Crippen LogP contribution in [0.15, 0.2) is 53.4 Å². The molecular weight excluding hydrogens is 318 g/mol. The van der Waals surface area contributed by atoms with Gasteiger partial charge in [0.05, 0.1) is 17.5 Å². The molecule has 0 spiro atoms. The molecule has 0 aliphatic carbocycles. The second kappa shape index (κ2) is 7.26. The number of ether oxygens (including phenoxy) is 1. The molecule has 0 bridgehead atoms. The molecule has 0 heterocycles. The van der Waals surface area contributed by atoms with E-state index < -0.39 is 16.0 Å². The van der Waals surface area contributed by atoms with Gasteiger partial charge in [0.1, 0.15) is 5.75 Å². The minimum absolute atomic E-state index is 0.0782. The normalized spacial score (nSPS) is 11.2. The lowest BCUT2D eigenvalue weighted by molar-refractivity contribution is -0.255. The SMILES string of the molecule is CCOc1ccc(S(=O)(=O)NCc2ccccc2)cc1C(=O)[O-]. The number of hydrogen-bond donors (Lipinski definition) is 1. The fourth-order valence-corrected chi connectivity index (χ4v) is 3.02. The third-order valence-electron chi connectivity index (χ3n) is 3.09. The molecular formula is C16H16NO5S-. The Hall–Kier alpha value is -2.38. The molecule has 2 aromatic carbocycles. The van der Waals surface area contributed by atoms with Crippen LogP contribution in [0.3, 0.4) is 0 Å². The van der Waals surface area contributed by atoms with Crippen LogP contribution in [-0.4, -0.2) is 21.0 Å². The Labute approximate surface area is 134 Å². The van der Waals surface area contributed by atoms with Gasteiger partial charge in [0, 0.05) is 12.1 Å². The Morgan fingerprint density at radius 2 is 1.87 bits per heavy atom. The van der Waals surface area contributed by atoms with Crippen LogP contribution >= 0.6 is 0 Å². The Bertz CT molecular complexity index is 787. The van der Waals surface area contributed by atoms with Crippen molar-refractivity contribution < 1.29 is 23.1 Å². The van der Waals surface area contributed by atoms with E-state index in [1.807, 2.05) is 6.07 Å². The number of sulfonamides is 1. The molecule has 0 aliphatic rings. The molecule has 0 saturated carbocycles. The van der Waals surface area contributed by atoms with E-state index in [0.717, 1.165) is 11.6 Å². The average Bonchev–Trinajstić information content (AvgIpc) is 2.54. The van der Waals surface area contributed by atoms with Crippen molar-refractivity contribution in [3.63, 3.8) is 0 Å². The van der Waals surface area contributed by atoms with Crippen molar-refractivity contribution in [3.8, 4) is 5.75 Å². The molecule has 0 aliphatic heterocycles. The molecule has 122 valence electrons. The van der Waals surface area contributed by atoms with E-state index in [4.69, 9.17) is 4.74 Å². The van der Waals surface area contributed by atoms with Gasteiger partial charge in [-0.3, -0.25) is 0 Å². The molecule has 0 aromatic heterocycles. The van der Waals surface area contributed by atoms with Gasteiger partial charge in [-0.1, -0.05) is 30.3 Å². The maximum Gasteiger partial charge on any atom is 0.240 e. The van der Waals surface area contributed by atoms with Crippen molar-refractivity contribution in [1.82, 2.24) is 4.72 Å². The zero-order valence-electron chi connectivity index (χ0n) is 12.5. The smallest absolute Gasteiger partial charge is 0.240 e. The second-order valence-electron chi connectivity index (χ2n) is 4.69. The summed E-state index contributed by atoms with van der Waals surface area (Å²) in [7, 11) is -3.84. The third kappa shape index (κ3) is 4.30. The van der Waals surface area contributed by atoms with Gasteiger partial charge < -0.3 is 14.6 Å². The third-order valence-corrected chi connectivity index (χ3v) is 4.49. The summed E-state index contributed by atoms with van der Waals surface area (Å²) in [6.07, 6.45) is 0. The summed E-state index contributed by atoms with van der Waals surface area (Å²) in [5.41, 5.74) is 0.497. The molecule has 0 atom stereocenters. The van der Waals surface area contributed by atoms with Crippen LogP contribution in [0, 0.1) is 0 Å². The highest BCUT2D eigenvalue weighted by molar-refractivity contribution is 7.89. The molecule has 2 rings (SSSR count). The van der Waals surface area contributed by atoms with Crippen LogP contribution in [0.25, 0.3) is 0 Å². The van der Waals surface area contributed by atoms with Crippen LogP contribution < -0.4 is 14.6 Å². The quantitative estimate of drug-likeness (QED) is 0.812. The van der Waals surface area contributed by atoms with Gasteiger partial charge in [-0.25, -0.2) is 13.1 Å². The molecule has 6 nitrogen and oxygen atoms in total. The molecule has 7 heteroatoms. The van der Waals surface area contributed by atoms with Crippen molar-refractivity contribution in [3.05, 3.63) is 59.7 Å². The molecule has 1 N–H and O–H groups in total. The largest absolute Gasteiger partial charge is 0.545 e. The topological polar surface area (TPSA) is 95.5 Å². The first kappa shape index (κ1) is 17.0. The van der Waals surface area contributed by atoms with Crippen LogP contribution in [0.2, 0.25) is 0 Å². The predicted molar refractivity (Wildman–Crippen MR) is 82.4 cm³/mol. The van der Waals surface area contributed by atoms with Gasteiger partial charge in [-0.2, -0.15) is 0 Å². The Morgan fingerprint density at radius 3 is 2.48 bits per heavy atom. The molecule has 0 unspecified atom stereocenters. The highest BCUT2D eigenvalue weighted by Gasteiger charge is 2.17. The van der Waals surface area contributed by atoms with E-state index in [1.54, 1.807) is 31.2 Å². The van der Waals surface area contributed by atoms with E-state index in [0.29, 0.717) is 0 Å². The van der Waals surface area contributed by atoms with Gasteiger partial charge in [-0.15, -0.1) is 0 Å². The first-order valence-electron chi connectivity index (χ1n) is 6.96. The summed E-state index contributed by atoms with van der Waals surface area (Å²) < 4.78 is 32.2. The van der Waals surface area contributed by atoms with Crippen LogP contribution in [0.5, 0.6) is 5.75 Å². The molecule has 0 radical (unpaired) electrons. The fourth-order valence-electron chi connectivity index (χ4n) is 1.97. The van der Waals surface area contributed by atoms with Crippen LogP contribution in [0.1, 0.15) is 22.8 Å². The van der Waals surface area contributed by atoms with Crippen molar-refractivity contribution >= 4 is 16.0 Å². The summed E-state index contributed by atoms with van der Waals surface area (Å²) in [5, 5.41) is 11.1. The van der Waals surface area contributed by atoms with E-state index >= 15 is 0 Å². The number of hydrogen-bond acceptors (Lipinski definition) is 5. The summed E-state index contributed by atoms with van der Waals surface area (Å²) in [5.74, 6) is -1.41. The molecule has 0 amide bonds. The average molecular weight is 334 g/mol. The number of carbonyl (C=O) groups is 1. The van der Waals surface area contributed by atoms with Gasteiger partial charge in [-0.05, 0) is 30.7 Å². The lowest BCUT2D eigenvalue weighted by atomic mass is 10.2. The van der Waals surface area contributed by atoms with Gasteiger partial charge in [0.2, 0.25) is 10.0 Å². The zero-order chi connectivity index (χ0) is 16.9. The monoisotopic (exact) mass is 334 g/mol. The zero-order valence-corrected chi connectivity index (χ0v) is 13.3. The number of aromatic carboxylic acids is 1. The first-order valence-corrected chi connectivity index (χ1v) is 8.44.